The van der Waals surface area contributed by atoms with Crippen LogP contribution in [-0.4, -0.2) is 0 Å². The summed E-state index contributed by atoms with van der Waals surface area (Å²) in [6.07, 6.45) is 7.97. The lowest BCUT2D eigenvalue weighted by atomic mass is 9.99. The Morgan fingerprint density at radius 3 is 2.55 bits per heavy atom. The smallest absolute Gasteiger partial charge is 0.0199 e. The van der Waals surface area contributed by atoms with Gasteiger partial charge in [0.25, 0.3) is 0 Å². The standard InChI is InChI=1S/C11H20/c1-5-7-8-9-11(4)10(3)6-2/h8-10H,4-7H2,1-3H3. The van der Waals surface area contributed by atoms with Gasteiger partial charge in [-0.3, -0.25) is 0 Å². The van der Waals surface area contributed by atoms with Crippen molar-refractivity contribution in [3.8, 4) is 0 Å². The van der Waals surface area contributed by atoms with Crippen LogP contribution in [0.25, 0.3) is 0 Å². The third-order valence-electron chi connectivity index (χ3n) is 2.03. The van der Waals surface area contributed by atoms with Crippen LogP contribution in [0.3, 0.4) is 0 Å². The van der Waals surface area contributed by atoms with Gasteiger partial charge in [0.2, 0.25) is 0 Å². The Labute approximate surface area is 71.0 Å². The Bertz CT molecular complexity index is 131. The van der Waals surface area contributed by atoms with E-state index in [9.17, 15) is 0 Å². The van der Waals surface area contributed by atoms with Gasteiger partial charge in [-0.15, -0.1) is 0 Å². The van der Waals surface area contributed by atoms with Gasteiger partial charge in [0.15, 0.2) is 0 Å². The second-order valence-electron chi connectivity index (χ2n) is 3.08. The zero-order valence-electron chi connectivity index (χ0n) is 8.06. The molecule has 0 fully saturated rings. The number of hydrogen-bond acceptors (Lipinski definition) is 0. The highest BCUT2D eigenvalue weighted by Gasteiger charge is 1.98. The van der Waals surface area contributed by atoms with E-state index in [2.05, 4.69) is 39.5 Å². The molecule has 11 heavy (non-hydrogen) atoms. The molecule has 0 heteroatoms. The van der Waals surface area contributed by atoms with Crippen molar-refractivity contribution in [1.82, 2.24) is 0 Å². The van der Waals surface area contributed by atoms with Crippen LogP contribution in [0, 0.1) is 5.92 Å². The van der Waals surface area contributed by atoms with Crippen LogP contribution in [0.4, 0.5) is 0 Å². The number of rotatable bonds is 5. The fourth-order valence-electron chi connectivity index (χ4n) is 0.828. The van der Waals surface area contributed by atoms with Gasteiger partial charge in [0.1, 0.15) is 0 Å². The third kappa shape index (κ3) is 4.83. The largest absolute Gasteiger partial charge is 0.0956 e. The Morgan fingerprint density at radius 2 is 2.09 bits per heavy atom. The fraction of sp³-hybridized carbons (Fsp3) is 0.636. The van der Waals surface area contributed by atoms with Crippen molar-refractivity contribution in [3.05, 3.63) is 24.3 Å². The second-order valence-corrected chi connectivity index (χ2v) is 3.08. The van der Waals surface area contributed by atoms with Crippen molar-refractivity contribution < 1.29 is 0 Å². The normalized spacial score (nSPS) is 13.7. The van der Waals surface area contributed by atoms with E-state index in [4.69, 9.17) is 0 Å². The lowest BCUT2D eigenvalue weighted by Gasteiger charge is -2.06. The van der Waals surface area contributed by atoms with E-state index >= 15 is 0 Å². The number of allylic oxidation sites excluding steroid dienone is 3. The summed E-state index contributed by atoms with van der Waals surface area (Å²) in [7, 11) is 0. The quantitative estimate of drug-likeness (QED) is 0.523. The molecule has 0 aliphatic carbocycles. The van der Waals surface area contributed by atoms with E-state index in [-0.39, 0.29) is 0 Å². The van der Waals surface area contributed by atoms with Crippen LogP contribution < -0.4 is 0 Å². The molecule has 64 valence electrons. The summed E-state index contributed by atoms with van der Waals surface area (Å²) >= 11 is 0. The predicted molar refractivity (Wildman–Crippen MR) is 52.6 cm³/mol. The van der Waals surface area contributed by atoms with Gasteiger partial charge in [-0.25, -0.2) is 0 Å². The molecular weight excluding hydrogens is 132 g/mol. The molecule has 0 aliphatic heterocycles. The van der Waals surface area contributed by atoms with E-state index in [1.165, 1.54) is 24.8 Å². The minimum atomic E-state index is 0.642. The minimum Gasteiger partial charge on any atom is -0.0956 e. The molecule has 0 aromatic heterocycles. The molecule has 0 nitrogen and oxygen atoms in total. The zero-order valence-corrected chi connectivity index (χ0v) is 8.06. The summed E-state index contributed by atoms with van der Waals surface area (Å²) in [5, 5.41) is 0. The van der Waals surface area contributed by atoms with Gasteiger partial charge >= 0.3 is 0 Å². The van der Waals surface area contributed by atoms with Gasteiger partial charge < -0.3 is 0 Å². The van der Waals surface area contributed by atoms with Gasteiger partial charge in [-0.05, 0) is 18.8 Å². The average Bonchev–Trinajstić information content (AvgIpc) is 2.03. The molecule has 0 N–H and O–H groups in total. The third-order valence-corrected chi connectivity index (χ3v) is 2.03. The van der Waals surface area contributed by atoms with Crippen molar-refractivity contribution in [3.63, 3.8) is 0 Å². The summed E-state index contributed by atoms with van der Waals surface area (Å²) in [6.45, 7) is 10.6. The Balaban J connectivity index is 3.67. The van der Waals surface area contributed by atoms with Gasteiger partial charge in [0, 0.05) is 0 Å². The first-order valence-corrected chi connectivity index (χ1v) is 4.57. The molecule has 0 aromatic rings. The van der Waals surface area contributed by atoms with Crippen LogP contribution in [0.15, 0.2) is 24.3 Å². The van der Waals surface area contributed by atoms with Crippen LogP contribution in [-0.2, 0) is 0 Å². The van der Waals surface area contributed by atoms with Crippen molar-refractivity contribution in [2.75, 3.05) is 0 Å². The molecule has 0 heterocycles. The molecule has 0 bridgehead atoms. The number of hydrogen-bond donors (Lipinski definition) is 0. The predicted octanol–water partition coefficient (Wildman–Crippen LogP) is 3.95. The summed E-state index contributed by atoms with van der Waals surface area (Å²) < 4.78 is 0. The average molecular weight is 152 g/mol. The van der Waals surface area contributed by atoms with Crippen LogP contribution in [0.5, 0.6) is 0 Å². The molecule has 1 atom stereocenters. The Hall–Kier alpha value is -0.520. The van der Waals surface area contributed by atoms with E-state index in [1.54, 1.807) is 0 Å². The maximum Gasteiger partial charge on any atom is -0.0199 e. The summed E-state index contributed by atoms with van der Waals surface area (Å²) in [5.74, 6) is 0.642. The van der Waals surface area contributed by atoms with Gasteiger partial charge in [0.05, 0.1) is 0 Å². The summed E-state index contributed by atoms with van der Waals surface area (Å²) in [5.41, 5.74) is 1.26. The molecule has 0 aliphatic rings. The molecule has 0 amide bonds. The molecule has 0 radical (unpaired) electrons. The maximum atomic E-state index is 4.01. The maximum absolute atomic E-state index is 4.01. The fourth-order valence-corrected chi connectivity index (χ4v) is 0.828. The van der Waals surface area contributed by atoms with Crippen LogP contribution in [0.2, 0.25) is 0 Å². The number of unbranched alkanes of at least 4 members (excludes halogenated alkanes) is 1. The molecule has 1 unspecified atom stereocenters. The van der Waals surface area contributed by atoms with E-state index in [0.717, 1.165) is 0 Å². The molecule has 0 aromatic carbocycles. The highest BCUT2D eigenvalue weighted by Crippen LogP contribution is 2.13. The molecule has 0 spiro atoms. The van der Waals surface area contributed by atoms with Crippen molar-refractivity contribution >= 4 is 0 Å². The van der Waals surface area contributed by atoms with Crippen LogP contribution >= 0.6 is 0 Å². The molecule has 0 saturated carbocycles. The van der Waals surface area contributed by atoms with Gasteiger partial charge in [-0.1, -0.05) is 51.5 Å². The lowest BCUT2D eigenvalue weighted by molar-refractivity contribution is 0.672. The lowest BCUT2D eigenvalue weighted by Crippen LogP contribution is -1.92. The zero-order chi connectivity index (χ0) is 8.69. The van der Waals surface area contributed by atoms with E-state index in [1.807, 2.05) is 0 Å². The first-order chi connectivity index (χ1) is 5.22. The van der Waals surface area contributed by atoms with E-state index < -0.39 is 0 Å². The Morgan fingerprint density at radius 1 is 1.45 bits per heavy atom. The SMILES string of the molecule is C=C(C=CCCC)C(C)CC. The monoisotopic (exact) mass is 152 g/mol. The van der Waals surface area contributed by atoms with E-state index in [0.29, 0.717) is 5.92 Å². The Kier molecular flexibility index (Phi) is 5.91. The van der Waals surface area contributed by atoms with Crippen molar-refractivity contribution in [2.45, 2.75) is 40.0 Å². The summed E-state index contributed by atoms with van der Waals surface area (Å²) in [4.78, 5) is 0. The topological polar surface area (TPSA) is 0 Å². The molecule has 0 rings (SSSR count). The first kappa shape index (κ1) is 10.5. The summed E-state index contributed by atoms with van der Waals surface area (Å²) in [6, 6.07) is 0. The molecular formula is C11H20. The molecule has 0 saturated heterocycles. The van der Waals surface area contributed by atoms with Gasteiger partial charge in [-0.2, -0.15) is 0 Å². The minimum absolute atomic E-state index is 0.642. The van der Waals surface area contributed by atoms with Crippen molar-refractivity contribution in [2.24, 2.45) is 5.92 Å². The second kappa shape index (κ2) is 6.21. The highest BCUT2D eigenvalue weighted by atomic mass is 14.0. The highest BCUT2D eigenvalue weighted by molar-refractivity contribution is 5.16. The van der Waals surface area contributed by atoms with Crippen LogP contribution in [0.1, 0.15) is 40.0 Å². The first-order valence-electron chi connectivity index (χ1n) is 4.57. The van der Waals surface area contributed by atoms with Crippen molar-refractivity contribution in [1.29, 1.82) is 0 Å².